The fraction of sp³-hybridized carbons (Fsp3) is 0.667. The van der Waals surface area contributed by atoms with Crippen molar-refractivity contribution in [2.45, 2.75) is 20.3 Å². The predicted molar refractivity (Wildman–Crippen MR) is 85.3 cm³/mol. The van der Waals surface area contributed by atoms with Crippen LogP contribution in [0.3, 0.4) is 0 Å². The monoisotopic (exact) mass is 304 g/mol. The third-order valence-electron chi connectivity index (χ3n) is 3.98. The number of aromatic nitrogens is 4. The number of anilines is 1. The van der Waals surface area contributed by atoms with Crippen molar-refractivity contribution in [1.82, 2.24) is 24.7 Å². The molecule has 0 bridgehead atoms. The number of hydrogen-bond acceptors (Lipinski definition) is 6. The van der Waals surface area contributed by atoms with Crippen molar-refractivity contribution < 1.29 is 4.74 Å². The Morgan fingerprint density at radius 3 is 2.77 bits per heavy atom. The van der Waals surface area contributed by atoms with Crippen LogP contribution in [0.5, 0.6) is 0 Å². The van der Waals surface area contributed by atoms with Gasteiger partial charge in [-0.3, -0.25) is 4.90 Å². The summed E-state index contributed by atoms with van der Waals surface area (Å²) in [4.78, 5) is 4.84. The number of piperazine rings is 1. The molecule has 0 saturated carbocycles. The maximum Gasteiger partial charge on any atom is 0.200 e. The summed E-state index contributed by atoms with van der Waals surface area (Å²) >= 11 is 0. The van der Waals surface area contributed by atoms with Crippen LogP contribution in [0.2, 0.25) is 0 Å². The summed E-state index contributed by atoms with van der Waals surface area (Å²) in [7, 11) is 0. The minimum Gasteiger partial charge on any atom is -0.380 e. The van der Waals surface area contributed by atoms with Crippen molar-refractivity contribution in [3.8, 4) is 0 Å². The molecule has 1 aliphatic heterocycles. The zero-order chi connectivity index (χ0) is 15.4. The van der Waals surface area contributed by atoms with E-state index in [1.54, 1.807) is 10.8 Å². The normalized spacial score (nSPS) is 16.5. The van der Waals surface area contributed by atoms with Gasteiger partial charge in [-0.25, -0.2) is 0 Å². The molecule has 0 spiro atoms. The Morgan fingerprint density at radius 1 is 1.18 bits per heavy atom. The third-order valence-corrected chi connectivity index (χ3v) is 3.98. The largest absolute Gasteiger partial charge is 0.380 e. The van der Waals surface area contributed by atoms with E-state index in [1.807, 2.05) is 6.92 Å². The van der Waals surface area contributed by atoms with Gasteiger partial charge < -0.3 is 9.64 Å². The molecule has 3 heterocycles. The summed E-state index contributed by atoms with van der Waals surface area (Å²) in [5.74, 6) is 0. The lowest BCUT2D eigenvalue weighted by Crippen LogP contribution is -2.47. The van der Waals surface area contributed by atoms with Gasteiger partial charge in [0.1, 0.15) is 6.33 Å². The molecule has 0 aliphatic carbocycles. The van der Waals surface area contributed by atoms with Crippen molar-refractivity contribution in [2.24, 2.45) is 0 Å². The Hall–Kier alpha value is -1.73. The molecule has 0 radical (unpaired) electrons. The molecule has 3 rings (SSSR count). The van der Waals surface area contributed by atoms with Crippen LogP contribution in [0.1, 0.15) is 19.0 Å². The molecule has 0 amide bonds. The van der Waals surface area contributed by atoms with Gasteiger partial charge in [-0.15, -0.1) is 10.2 Å². The van der Waals surface area contributed by atoms with Gasteiger partial charge in [-0.05, 0) is 19.4 Å². The highest BCUT2D eigenvalue weighted by Gasteiger charge is 2.20. The molecule has 120 valence electrons. The lowest BCUT2D eigenvalue weighted by molar-refractivity contribution is 0.102. The van der Waals surface area contributed by atoms with Crippen molar-refractivity contribution >= 4 is 11.3 Å². The molecule has 0 unspecified atom stereocenters. The zero-order valence-corrected chi connectivity index (χ0v) is 13.4. The molecule has 7 heteroatoms. The van der Waals surface area contributed by atoms with E-state index in [4.69, 9.17) is 4.74 Å². The molecule has 1 aliphatic rings. The van der Waals surface area contributed by atoms with E-state index in [-0.39, 0.29) is 0 Å². The van der Waals surface area contributed by atoms with Gasteiger partial charge in [0.05, 0.1) is 18.0 Å². The highest BCUT2D eigenvalue weighted by atomic mass is 16.5. The highest BCUT2D eigenvalue weighted by Crippen LogP contribution is 2.21. The second-order valence-electron chi connectivity index (χ2n) is 5.71. The Balaban J connectivity index is 1.60. The van der Waals surface area contributed by atoms with Gasteiger partial charge in [0.25, 0.3) is 0 Å². The van der Waals surface area contributed by atoms with E-state index in [9.17, 15) is 0 Å². The molecular weight excluding hydrogens is 280 g/mol. The Bertz CT molecular complexity index is 605. The summed E-state index contributed by atoms with van der Waals surface area (Å²) in [5.41, 5.74) is 2.95. The number of rotatable bonds is 6. The Labute approximate surface area is 130 Å². The lowest BCUT2D eigenvalue weighted by atomic mass is 10.2. The fourth-order valence-corrected chi connectivity index (χ4v) is 2.82. The van der Waals surface area contributed by atoms with E-state index < -0.39 is 0 Å². The van der Waals surface area contributed by atoms with Crippen molar-refractivity contribution in [2.75, 3.05) is 50.8 Å². The molecule has 1 saturated heterocycles. The quantitative estimate of drug-likeness (QED) is 0.742. The zero-order valence-electron chi connectivity index (χ0n) is 13.4. The first-order valence-corrected chi connectivity index (χ1v) is 8.00. The summed E-state index contributed by atoms with van der Waals surface area (Å²) in [6, 6.07) is 2.10. The molecular formula is C15H24N6O. The molecule has 1 fully saturated rings. The molecule has 0 atom stereocenters. The topological polar surface area (TPSA) is 58.8 Å². The van der Waals surface area contributed by atoms with Gasteiger partial charge >= 0.3 is 0 Å². The minimum absolute atomic E-state index is 0.830. The van der Waals surface area contributed by atoms with Crippen LogP contribution >= 0.6 is 0 Å². The fourth-order valence-electron chi connectivity index (χ4n) is 2.82. The highest BCUT2D eigenvalue weighted by molar-refractivity contribution is 5.68. The number of aryl methyl sites for hydroxylation is 1. The van der Waals surface area contributed by atoms with E-state index in [0.717, 1.165) is 69.4 Å². The SMILES string of the molecule is CCCOCCN1CCN(c2cc(C)nn3cnnc23)CC1. The molecule has 2 aromatic rings. The maximum atomic E-state index is 5.57. The summed E-state index contributed by atoms with van der Waals surface area (Å²) in [6.45, 7) is 11.0. The van der Waals surface area contributed by atoms with Crippen molar-refractivity contribution in [1.29, 1.82) is 0 Å². The second-order valence-corrected chi connectivity index (χ2v) is 5.71. The number of nitrogens with zero attached hydrogens (tertiary/aromatic N) is 6. The molecule has 2 aromatic heterocycles. The van der Waals surface area contributed by atoms with Crippen LogP contribution in [0.4, 0.5) is 5.69 Å². The molecule has 0 N–H and O–H groups in total. The molecule has 22 heavy (non-hydrogen) atoms. The van der Waals surface area contributed by atoms with E-state index >= 15 is 0 Å². The number of hydrogen-bond donors (Lipinski definition) is 0. The standard InChI is InChI=1S/C15H24N6O/c1-3-9-22-10-8-19-4-6-20(7-5-19)14-11-13(2)18-21-12-16-17-15(14)21/h11-12H,3-10H2,1-2H3. The summed E-state index contributed by atoms with van der Waals surface area (Å²) in [6.07, 6.45) is 2.75. The number of ether oxygens (including phenoxy) is 1. The maximum absolute atomic E-state index is 5.57. The first kappa shape index (κ1) is 15.2. The summed E-state index contributed by atoms with van der Waals surface area (Å²) in [5, 5.41) is 12.6. The van der Waals surface area contributed by atoms with Crippen LogP contribution in [0.15, 0.2) is 12.4 Å². The van der Waals surface area contributed by atoms with Gasteiger partial charge in [-0.1, -0.05) is 6.92 Å². The third kappa shape index (κ3) is 3.36. The first-order chi connectivity index (χ1) is 10.8. The van der Waals surface area contributed by atoms with Gasteiger partial charge in [0.15, 0.2) is 0 Å². The number of fused-ring (bicyclic) bond motifs is 1. The second kappa shape index (κ2) is 7.02. The van der Waals surface area contributed by atoms with Crippen LogP contribution in [-0.4, -0.2) is 70.6 Å². The summed E-state index contributed by atoms with van der Waals surface area (Å²) < 4.78 is 7.33. The van der Waals surface area contributed by atoms with Gasteiger partial charge in [0.2, 0.25) is 5.65 Å². The van der Waals surface area contributed by atoms with Crippen LogP contribution in [0, 0.1) is 6.92 Å². The Morgan fingerprint density at radius 2 is 2.00 bits per heavy atom. The van der Waals surface area contributed by atoms with E-state index in [0.29, 0.717) is 0 Å². The average Bonchev–Trinajstić information content (AvgIpc) is 2.99. The van der Waals surface area contributed by atoms with E-state index in [2.05, 4.69) is 38.1 Å². The van der Waals surface area contributed by atoms with Gasteiger partial charge in [-0.2, -0.15) is 9.61 Å². The Kier molecular flexibility index (Phi) is 4.84. The van der Waals surface area contributed by atoms with Crippen LogP contribution in [-0.2, 0) is 4.74 Å². The minimum atomic E-state index is 0.830. The van der Waals surface area contributed by atoms with Crippen molar-refractivity contribution in [3.05, 3.63) is 18.1 Å². The first-order valence-electron chi connectivity index (χ1n) is 8.00. The van der Waals surface area contributed by atoms with Crippen LogP contribution < -0.4 is 4.90 Å². The average molecular weight is 304 g/mol. The van der Waals surface area contributed by atoms with Gasteiger partial charge in [0, 0.05) is 39.3 Å². The van der Waals surface area contributed by atoms with Crippen molar-refractivity contribution in [3.63, 3.8) is 0 Å². The molecule has 0 aromatic carbocycles. The smallest absolute Gasteiger partial charge is 0.200 e. The van der Waals surface area contributed by atoms with Crippen LogP contribution in [0.25, 0.3) is 5.65 Å². The van der Waals surface area contributed by atoms with E-state index in [1.165, 1.54) is 0 Å². The lowest BCUT2D eigenvalue weighted by Gasteiger charge is -2.36. The predicted octanol–water partition coefficient (Wildman–Crippen LogP) is 0.981. The molecule has 7 nitrogen and oxygen atoms in total.